The van der Waals surface area contributed by atoms with Crippen molar-refractivity contribution in [2.45, 2.75) is 13.3 Å². The zero-order valence-corrected chi connectivity index (χ0v) is 12.1. The molecule has 1 amide bonds. The van der Waals surface area contributed by atoms with Crippen LogP contribution in [0.3, 0.4) is 0 Å². The predicted octanol–water partition coefficient (Wildman–Crippen LogP) is 1.28. The van der Waals surface area contributed by atoms with Gasteiger partial charge in [-0.25, -0.2) is 8.42 Å². The highest BCUT2D eigenvalue weighted by atomic mass is 32.2. The van der Waals surface area contributed by atoms with Crippen LogP contribution >= 0.6 is 0 Å². The standard InChI is InChI=1S/C13H20N2O3S/c1-3-9-19(17,18)10-8-15-13(16)11-4-6-12(14-2)7-5-11/h4-7,14H,3,8-10H2,1-2H3,(H,15,16). The van der Waals surface area contributed by atoms with Gasteiger partial charge >= 0.3 is 0 Å². The average Bonchev–Trinajstić information content (AvgIpc) is 2.38. The minimum absolute atomic E-state index is 0.0127. The van der Waals surface area contributed by atoms with E-state index in [0.29, 0.717) is 12.0 Å². The lowest BCUT2D eigenvalue weighted by atomic mass is 10.2. The van der Waals surface area contributed by atoms with Gasteiger partial charge in [-0.3, -0.25) is 4.79 Å². The van der Waals surface area contributed by atoms with Crippen LogP contribution in [0.25, 0.3) is 0 Å². The number of rotatable bonds is 7. The summed E-state index contributed by atoms with van der Waals surface area (Å²) in [5.74, 6) is -0.102. The predicted molar refractivity (Wildman–Crippen MR) is 77.3 cm³/mol. The first-order valence-electron chi connectivity index (χ1n) is 6.25. The molecule has 0 saturated carbocycles. The van der Waals surface area contributed by atoms with Crippen LogP contribution in [0.4, 0.5) is 5.69 Å². The molecule has 0 unspecified atom stereocenters. The number of sulfone groups is 1. The van der Waals surface area contributed by atoms with Crippen LogP contribution in [-0.4, -0.2) is 39.4 Å². The third-order valence-corrected chi connectivity index (χ3v) is 4.51. The van der Waals surface area contributed by atoms with Gasteiger partial charge in [0.1, 0.15) is 0 Å². The summed E-state index contributed by atoms with van der Waals surface area (Å²) < 4.78 is 22.9. The molecule has 0 spiro atoms. The van der Waals surface area contributed by atoms with Crippen molar-refractivity contribution < 1.29 is 13.2 Å². The molecule has 106 valence electrons. The quantitative estimate of drug-likeness (QED) is 0.791. The first-order valence-corrected chi connectivity index (χ1v) is 8.07. The third-order valence-electron chi connectivity index (χ3n) is 2.65. The summed E-state index contributed by atoms with van der Waals surface area (Å²) >= 11 is 0. The van der Waals surface area contributed by atoms with Gasteiger partial charge < -0.3 is 10.6 Å². The van der Waals surface area contributed by atoms with Crippen molar-refractivity contribution in [2.75, 3.05) is 30.4 Å². The molecule has 0 aromatic heterocycles. The van der Waals surface area contributed by atoms with Crippen LogP contribution in [0.15, 0.2) is 24.3 Å². The summed E-state index contributed by atoms with van der Waals surface area (Å²) in [6.07, 6.45) is 0.599. The highest BCUT2D eigenvalue weighted by Crippen LogP contribution is 2.08. The van der Waals surface area contributed by atoms with Gasteiger partial charge in [-0.1, -0.05) is 6.92 Å². The number of benzene rings is 1. The molecule has 6 heteroatoms. The van der Waals surface area contributed by atoms with Crippen LogP contribution in [0, 0.1) is 0 Å². The molecule has 1 aromatic rings. The molecular formula is C13H20N2O3S. The maximum absolute atomic E-state index is 11.8. The van der Waals surface area contributed by atoms with Crippen molar-refractivity contribution >= 4 is 21.4 Å². The van der Waals surface area contributed by atoms with Gasteiger partial charge in [-0.15, -0.1) is 0 Å². The molecule has 0 radical (unpaired) electrons. The fourth-order valence-electron chi connectivity index (χ4n) is 1.62. The van der Waals surface area contributed by atoms with E-state index >= 15 is 0 Å². The number of nitrogens with one attached hydrogen (secondary N) is 2. The van der Waals surface area contributed by atoms with Crippen molar-refractivity contribution in [3.05, 3.63) is 29.8 Å². The number of hydrogen-bond acceptors (Lipinski definition) is 4. The molecule has 0 aliphatic rings. The number of hydrogen-bond donors (Lipinski definition) is 2. The van der Waals surface area contributed by atoms with Gasteiger partial charge in [-0.2, -0.15) is 0 Å². The van der Waals surface area contributed by atoms with E-state index in [1.165, 1.54) is 0 Å². The molecule has 0 bridgehead atoms. The van der Waals surface area contributed by atoms with Gasteiger partial charge in [-0.05, 0) is 30.7 Å². The molecule has 0 aliphatic heterocycles. The molecule has 1 aromatic carbocycles. The zero-order valence-electron chi connectivity index (χ0n) is 11.3. The molecule has 0 saturated heterocycles. The van der Waals surface area contributed by atoms with Crippen molar-refractivity contribution in [3.63, 3.8) is 0 Å². The maximum atomic E-state index is 11.8. The highest BCUT2D eigenvalue weighted by molar-refractivity contribution is 7.91. The Kier molecular flexibility index (Phi) is 5.82. The first-order chi connectivity index (χ1) is 8.98. The van der Waals surface area contributed by atoms with E-state index < -0.39 is 9.84 Å². The molecule has 2 N–H and O–H groups in total. The monoisotopic (exact) mass is 284 g/mol. The lowest BCUT2D eigenvalue weighted by Crippen LogP contribution is -2.29. The summed E-state index contributed by atoms with van der Waals surface area (Å²) in [6, 6.07) is 6.98. The minimum atomic E-state index is -3.04. The molecule has 1 rings (SSSR count). The fourth-order valence-corrected chi connectivity index (χ4v) is 2.86. The molecule has 0 heterocycles. The molecule has 0 aliphatic carbocycles. The largest absolute Gasteiger partial charge is 0.388 e. The average molecular weight is 284 g/mol. The molecule has 19 heavy (non-hydrogen) atoms. The van der Waals surface area contributed by atoms with E-state index in [4.69, 9.17) is 0 Å². The normalized spacial score (nSPS) is 11.1. The topological polar surface area (TPSA) is 75.3 Å². The van der Waals surface area contributed by atoms with E-state index in [9.17, 15) is 13.2 Å². The fraction of sp³-hybridized carbons (Fsp3) is 0.462. The lowest BCUT2D eigenvalue weighted by molar-refractivity contribution is 0.0956. The van der Waals surface area contributed by atoms with E-state index in [-0.39, 0.29) is 24.0 Å². The summed E-state index contributed by atoms with van der Waals surface area (Å²) in [5.41, 5.74) is 1.44. The number of carbonyl (C=O) groups is 1. The smallest absolute Gasteiger partial charge is 0.251 e. The third kappa shape index (κ3) is 5.30. The molecule has 0 atom stereocenters. The van der Waals surface area contributed by atoms with Crippen LogP contribution in [0.2, 0.25) is 0 Å². The minimum Gasteiger partial charge on any atom is -0.388 e. The van der Waals surface area contributed by atoms with Gasteiger partial charge in [0.25, 0.3) is 5.91 Å². The molecule has 5 nitrogen and oxygen atoms in total. The van der Waals surface area contributed by atoms with Crippen LogP contribution < -0.4 is 10.6 Å². The van der Waals surface area contributed by atoms with Crippen molar-refractivity contribution in [3.8, 4) is 0 Å². The van der Waals surface area contributed by atoms with Crippen molar-refractivity contribution in [1.29, 1.82) is 0 Å². The SMILES string of the molecule is CCCS(=O)(=O)CCNC(=O)c1ccc(NC)cc1. The van der Waals surface area contributed by atoms with Gasteiger partial charge in [0.2, 0.25) is 0 Å². The van der Waals surface area contributed by atoms with Crippen molar-refractivity contribution in [2.24, 2.45) is 0 Å². The lowest BCUT2D eigenvalue weighted by Gasteiger charge is -2.06. The molecule has 0 fully saturated rings. The van der Waals surface area contributed by atoms with Gasteiger partial charge in [0.05, 0.1) is 5.75 Å². The van der Waals surface area contributed by atoms with Crippen LogP contribution in [-0.2, 0) is 9.84 Å². The Hall–Kier alpha value is -1.56. The maximum Gasteiger partial charge on any atom is 0.251 e. The van der Waals surface area contributed by atoms with Gasteiger partial charge in [0.15, 0.2) is 9.84 Å². The number of carbonyl (C=O) groups excluding carboxylic acids is 1. The van der Waals surface area contributed by atoms with E-state index in [0.717, 1.165) is 5.69 Å². The van der Waals surface area contributed by atoms with E-state index in [1.54, 1.807) is 31.3 Å². The van der Waals surface area contributed by atoms with Crippen LogP contribution in [0.5, 0.6) is 0 Å². The second kappa shape index (κ2) is 7.13. The second-order valence-electron chi connectivity index (χ2n) is 4.24. The summed E-state index contributed by atoms with van der Waals surface area (Å²) in [6.45, 7) is 1.97. The highest BCUT2D eigenvalue weighted by Gasteiger charge is 2.10. The number of amides is 1. The summed E-state index contributed by atoms with van der Waals surface area (Å²) in [5, 5.41) is 5.57. The Labute approximate surface area is 114 Å². The summed E-state index contributed by atoms with van der Waals surface area (Å²) in [4.78, 5) is 11.8. The van der Waals surface area contributed by atoms with Crippen molar-refractivity contribution in [1.82, 2.24) is 5.32 Å². The second-order valence-corrected chi connectivity index (χ2v) is 6.54. The Morgan fingerprint density at radius 1 is 1.16 bits per heavy atom. The van der Waals surface area contributed by atoms with E-state index in [1.807, 2.05) is 6.92 Å². The first kappa shape index (κ1) is 15.5. The molecular weight excluding hydrogens is 264 g/mol. The zero-order chi connectivity index (χ0) is 14.3. The Morgan fingerprint density at radius 2 is 1.79 bits per heavy atom. The van der Waals surface area contributed by atoms with E-state index in [2.05, 4.69) is 10.6 Å². The summed E-state index contributed by atoms with van der Waals surface area (Å²) in [7, 11) is -1.25. The van der Waals surface area contributed by atoms with Crippen LogP contribution in [0.1, 0.15) is 23.7 Å². The Bertz CT molecular complexity index is 509. The Balaban J connectivity index is 2.47. The Morgan fingerprint density at radius 3 is 2.32 bits per heavy atom. The van der Waals surface area contributed by atoms with Gasteiger partial charge in [0, 0.05) is 30.6 Å². The number of anilines is 1.